The highest BCUT2D eigenvalue weighted by Gasteiger charge is 2.14. The Hall–Kier alpha value is -3.12. The zero-order chi connectivity index (χ0) is 20.9. The van der Waals surface area contributed by atoms with Gasteiger partial charge in [-0.2, -0.15) is 0 Å². The van der Waals surface area contributed by atoms with Crippen LogP contribution in [0, 0.1) is 6.92 Å². The second kappa shape index (κ2) is 9.13. The molecule has 2 heterocycles. The van der Waals surface area contributed by atoms with Gasteiger partial charge in [0.15, 0.2) is 12.4 Å². The molecule has 0 atom stereocenters. The van der Waals surface area contributed by atoms with Gasteiger partial charge >= 0.3 is 0 Å². The van der Waals surface area contributed by atoms with E-state index in [-0.39, 0.29) is 12.5 Å². The first-order chi connectivity index (χ1) is 14.6. The van der Waals surface area contributed by atoms with Gasteiger partial charge < -0.3 is 15.0 Å². The highest BCUT2D eigenvalue weighted by atomic mass is 35.5. The number of carbonyl (C=O) groups is 1. The average molecular weight is 423 g/mol. The third-order valence-electron chi connectivity index (χ3n) is 4.97. The van der Waals surface area contributed by atoms with Crippen LogP contribution in [-0.2, 0) is 4.79 Å². The minimum Gasteiger partial charge on any atom is -0.482 e. The van der Waals surface area contributed by atoms with Crippen molar-refractivity contribution < 1.29 is 9.53 Å². The fourth-order valence-electron chi connectivity index (χ4n) is 3.41. The third kappa shape index (κ3) is 4.89. The summed E-state index contributed by atoms with van der Waals surface area (Å²) in [7, 11) is 0. The van der Waals surface area contributed by atoms with Crippen molar-refractivity contribution in [2.75, 3.05) is 29.9 Å². The zero-order valence-corrected chi connectivity index (χ0v) is 17.5. The van der Waals surface area contributed by atoms with E-state index in [2.05, 4.69) is 20.4 Å². The van der Waals surface area contributed by atoms with E-state index in [4.69, 9.17) is 16.3 Å². The fraction of sp³-hybridized carbons (Fsp3) is 0.261. The standard InChI is InChI=1S/C23H23ClN4O2/c1-16-7-8-19(24)21(13-16)30-15-23(29)25-18-6-4-5-17(14-18)20-9-10-22(27-26-20)28-11-2-3-12-28/h4-10,13-14H,2-3,11-12,15H2,1H3,(H,25,29). The van der Waals surface area contributed by atoms with Gasteiger partial charge in [-0.25, -0.2) is 0 Å². The molecule has 30 heavy (non-hydrogen) atoms. The van der Waals surface area contributed by atoms with E-state index in [0.717, 1.165) is 35.7 Å². The normalized spacial score (nSPS) is 13.3. The predicted octanol–water partition coefficient (Wildman–Crippen LogP) is 4.72. The lowest BCUT2D eigenvalue weighted by molar-refractivity contribution is -0.118. The summed E-state index contributed by atoms with van der Waals surface area (Å²) < 4.78 is 5.56. The lowest BCUT2D eigenvalue weighted by Crippen LogP contribution is -2.20. The van der Waals surface area contributed by atoms with Crippen LogP contribution < -0.4 is 15.0 Å². The van der Waals surface area contributed by atoms with E-state index >= 15 is 0 Å². The number of aryl methyl sites for hydroxylation is 1. The monoisotopic (exact) mass is 422 g/mol. The van der Waals surface area contributed by atoms with E-state index in [0.29, 0.717) is 16.5 Å². The summed E-state index contributed by atoms with van der Waals surface area (Å²) in [4.78, 5) is 14.6. The molecular formula is C23H23ClN4O2. The maximum atomic E-state index is 12.3. The number of amides is 1. The largest absolute Gasteiger partial charge is 0.482 e. The van der Waals surface area contributed by atoms with Gasteiger partial charge in [0.25, 0.3) is 5.91 Å². The Morgan fingerprint density at radius 1 is 1.10 bits per heavy atom. The van der Waals surface area contributed by atoms with Crippen molar-refractivity contribution in [2.24, 2.45) is 0 Å². The van der Waals surface area contributed by atoms with Crippen molar-refractivity contribution in [1.29, 1.82) is 0 Å². The molecule has 1 aliphatic heterocycles. The Morgan fingerprint density at radius 3 is 2.70 bits per heavy atom. The van der Waals surface area contributed by atoms with Crippen LogP contribution in [0.25, 0.3) is 11.3 Å². The molecule has 1 N–H and O–H groups in total. The van der Waals surface area contributed by atoms with Gasteiger partial charge in [0.2, 0.25) is 0 Å². The summed E-state index contributed by atoms with van der Waals surface area (Å²) in [5.74, 6) is 1.14. The van der Waals surface area contributed by atoms with Crippen molar-refractivity contribution in [3.05, 3.63) is 65.2 Å². The number of benzene rings is 2. The molecule has 0 radical (unpaired) electrons. The summed E-state index contributed by atoms with van der Waals surface area (Å²) in [6.45, 7) is 3.88. The number of nitrogens with zero attached hydrogens (tertiary/aromatic N) is 3. The molecule has 4 rings (SSSR count). The molecule has 0 aliphatic carbocycles. The van der Waals surface area contributed by atoms with Gasteiger partial charge in [-0.05, 0) is 61.7 Å². The number of halogens is 1. The van der Waals surface area contributed by atoms with Crippen LogP contribution in [-0.4, -0.2) is 35.8 Å². The summed E-state index contributed by atoms with van der Waals surface area (Å²) in [6, 6.07) is 16.9. The van der Waals surface area contributed by atoms with E-state index in [1.165, 1.54) is 12.8 Å². The van der Waals surface area contributed by atoms with Gasteiger partial charge in [0.1, 0.15) is 5.75 Å². The Kier molecular flexibility index (Phi) is 6.14. The molecule has 3 aromatic rings. The average Bonchev–Trinajstić information content (AvgIpc) is 3.30. The predicted molar refractivity (Wildman–Crippen MR) is 119 cm³/mol. The first kappa shape index (κ1) is 20.2. The maximum Gasteiger partial charge on any atom is 0.262 e. The number of ether oxygens (including phenoxy) is 1. The fourth-order valence-corrected chi connectivity index (χ4v) is 3.58. The van der Waals surface area contributed by atoms with Gasteiger partial charge in [-0.15, -0.1) is 10.2 Å². The molecular weight excluding hydrogens is 400 g/mol. The van der Waals surface area contributed by atoms with Crippen molar-refractivity contribution in [1.82, 2.24) is 10.2 Å². The molecule has 6 nitrogen and oxygen atoms in total. The van der Waals surface area contributed by atoms with E-state index in [1.807, 2.05) is 49.4 Å². The van der Waals surface area contributed by atoms with Crippen LogP contribution in [0.15, 0.2) is 54.6 Å². The number of hydrogen-bond donors (Lipinski definition) is 1. The highest BCUT2D eigenvalue weighted by Crippen LogP contribution is 2.26. The first-order valence-corrected chi connectivity index (χ1v) is 10.3. The van der Waals surface area contributed by atoms with E-state index < -0.39 is 0 Å². The van der Waals surface area contributed by atoms with Gasteiger partial charge in [-0.3, -0.25) is 4.79 Å². The molecule has 0 unspecified atom stereocenters. The molecule has 0 spiro atoms. The minimum atomic E-state index is -0.264. The first-order valence-electron chi connectivity index (χ1n) is 9.96. The molecule has 1 aliphatic rings. The van der Waals surface area contributed by atoms with Crippen molar-refractivity contribution in [3.63, 3.8) is 0 Å². The van der Waals surface area contributed by atoms with Gasteiger partial charge in [-0.1, -0.05) is 29.8 Å². The van der Waals surface area contributed by atoms with E-state index in [1.54, 1.807) is 12.1 Å². The summed E-state index contributed by atoms with van der Waals surface area (Å²) in [6.07, 6.45) is 2.40. The van der Waals surface area contributed by atoms with Gasteiger partial charge in [0.05, 0.1) is 10.7 Å². The number of carbonyl (C=O) groups excluding carboxylic acids is 1. The SMILES string of the molecule is Cc1ccc(Cl)c(OCC(=O)Nc2cccc(-c3ccc(N4CCCC4)nn3)c2)c1. The highest BCUT2D eigenvalue weighted by molar-refractivity contribution is 6.32. The number of anilines is 2. The van der Waals surface area contributed by atoms with Gasteiger partial charge in [0, 0.05) is 24.3 Å². The van der Waals surface area contributed by atoms with Crippen molar-refractivity contribution in [2.45, 2.75) is 19.8 Å². The lowest BCUT2D eigenvalue weighted by Gasteiger charge is -2.15. The second-order valence-electron chi connectivity index (χ2n) is 7.32. The summed E-state index contributed by atoms with van der Waals surface area (Å²) in [5.41, 5.74) is 3.33. The van der Waals surface area contributed by atoms with Crippen molar-refractivity contribution in [3.8, 4) is 17.0 Å². The quantitative estimate of drug-likeness (QED) is 0.622. The maximum absolute atomic E-state index is 12.3. The van der Waals surface area contributed by atoms with Crippen LogP contribution in [0.4, 0.5) is 11.5 Å². The van der Waals surface area contributed by atoms with Crippen LogP contribution in [0.1, 0.15) is 18.4 Å². The molecule has 1 saturated heterocycles. The Balaban J connectivity index is 1.39. The van der Waals surface area contributed by atoms with Crippen molar-refractivity contribution >= 4 is 29.0 Å². The molecule has 1 amide bonds. The van der Waals surface area contributed by atoms with Crippen LogP contribution in [0.3, 0.4) is 0 Å². The minimum absolute atomic E-state index is 0.127. The number of nitrogens with one attached hydrogen (secondary N) is 1. The Morgan fingerprint density at radius 2 is 1.93 bits per heavy atom. The van der Waals surface area contributed by atoms with Crippen LogP contribution >= 0.6 is 11.6 Å². The molecule has 2 aromatic carbocycles. The third-order valence-corrected chi connectivity index (χ3v) is 5.28. The Bertz CT molecular complexity index is 1030. The van der Waals surface area contributed by atoms with E-state index in [9.17, 15) is 4.79 Å². The molecule has 154 valence electrons. The molecule has 0 bridgehead atoms. The number of aromatic nitrogens is 2. The molecule has 1 fully saturated rings. The summed E-state index contributed by atoms with van der Waals surface area (Å²) in [5, 5.41) is 12.1. The number of hydrogen-bond acceptors (Lipinski definition) is 5. The molecule has 0 saturated carbocycles. The summed E-state index contributed by atoms with van der Waals surface area (Å²) >= 11 is 6.11. The second-order valence-corrected chi connectivity index (χ2v) is 7.73. The topological polar surface area (TPSA) is 67.3 Å². The molecule has 7 heteroatoms. The van der Waals surface area contributed by atoms with Crippen LogP contribution in [0.2, 0.25) is 5.02 Å². The zero-order valence-electron chi connectivity index (χ0n) is 16.8. The Labute approximate surface area is 180 Å². The molecule has 1 aromatic heterocycles. The number of rotatable bonds is 6. The lowest BCUT2D eigenvalue weighted by atomic mass is 10.1. The van der Waals surface area contributed by atoms with Crippen LogP contribution in [0.5, 0.6) is 5.75 Å². The smallest absolute Gasteiger partial charge is 0.262 e.